The second-order valence-electron chi connectivity index (χ2n) is 3.54. The molecule has 1 aliphatic rings. The fourth-order valence-electron chi connectivity index (χ4n) is 1.65. The van der Waals surface area contributed by atoms with Gasteiger partial charge in [-0.3, -0.25) is 0 Å². The maximum Gasteiger partial charge on any atom is 0.103 e. The molecule has 1 saturated carbocycles. The number of hydrogen-bond donors (Lipinski definition) is 0. The second kappa shape index (κ2) is 3.36. The van der Waals surface area contributed by atoms with Crippen molar-refractivity contribution < 1.29 is 4.39 Å². The van der Waals surface area contributed by atoms with Crippen LogP contribution in [0.4, 0.5) is 4.39 Å². The molecule has 59 valence electrons. The fraction of sp³-hybridized carbons (Fsp3) is 0.889. The van der Waals surface area contributed by atoms with Crippen LogP contribution in [0.1, 0.15) is 32.6 Å². The van der Waals surface area contributed by atoms with Crippen LogP contribution >= 0.6 is 0 Å². The zero-order valence-corrected chi connectivity index (χ0v) is 6.65. The molecule has 1 aliphatic carbocycles. The van der Waals surface area contributed by atoms with Crippen molar-refractivity contribution in [3.63, 3.8) is 0 Å². The smallest absolute Gasteiger partial charge is 0.103 e. The van der Waals surface area contributed by atoms with E-state index < -0.39 is 6.17 Å². The van der Waals surface area contributed by atoms with Crippen LogP contribution in [-0.2, 0) is 0 Å². The molecule has 0 aromatic carbocycles. The zero-order valence-electron chi connectivity index (χ0n) is 6.65. The monoisotopic (exact) mass is 143 g/mol. The molecular formula is C9H16F. The van der Waals surface area contributed by atoms with E-state index in [2.05, 4.69) is 13.8 Å². The molecule has 0 heterocycles. The Balaban J connectivity index is 2.26. The van der Waals surface area contributed by atoms with Gasteiger partial charge < -0.3 is 0 Å². The summed E-state index contributed by atoms with van der Waals surface area (Å²) >= 11 is 0. The number of hydrogen-bond acceptors (Lipinski definition) is 0. The van der Waals surface area contributed by atoms with Crippen LogP contribution in [0.3, 0.4) is 0 Å². The summed E-state index contributed by atoms with van der Waals surface area (Å²) in [5, 5.41) is 0. The van der Waals surface area contributed by atoms with Gasteiger partial charge in [-0.15, -0.1) is 0 Å². The Morgan fingerprint density at radius 3 is 2.20 bits per heavy atom. The van der Waals surface area contributed by atoms with E-state index in [9.17, 15) is 4.39 Å². The highest BCUT2D eigenvalue weighted by Gasteiger charge is 2.22. The van der Waals surface area contributed by atoms with Crippen molar-refractivity contribution in [3.05, 3.63) is 6.92 Å². The predicted molar refractivity (Wildman–Crippen MR) is 41.4 cm³/mol. The summed E-state index contributed by atoms with van der Waals surface area (Å²) in [6.07, 6.45) is 3.66. The summed E-state index contributed by atoms with van der Waals surface area (Å²) in [4.78, 5) is 0. The summed E-state index contributed by atoms with van der Waals surface area (Å²) in [5.41, 5.74) is 0. The molecule has 0 aromatic heterocycles. The van der Waals surface area contributed by atoms with E-state index in [4.69, 9.17) is 0 Å². The molecular weight excluding hydrogens is 127 g/mol. The average molecular weight is 143 g/mol. The molecule has 1 heteroatoms. The maximum atomic E-state index is 12.6. The SMILES string of the molecule is [CH2]C(F)C1CCC(C)CC1. The van der Waals surface area contributed by atoms with Gasteiger partial charge in [0.05, 0.1) is 0 Å². The van der Waals surface area contributed by atoms with Gasteiger partial charge in [-0.25, -0.2) is 4.39 Å². The van der Waals surface area contributed by atoms with Crippen molar-refractivity contribution >= 4 is 0 Å². The van der Waals surface area contributed by atoms with E-state index in [0.717, 1.165) is 18.8 Å². The molecule has 0 saturated heterocycles. The Morgan fingerprint density at radius 1 is 1.30 bits per heavy atom. The van der Waals surface area contributed by atoms with Crippen LogP contribution in [0, 0.1) is 18.8 Å². The molecule has 0 amide bonds. The number of rotatable bonds is 1. The highest BCUT2D eigenvalue weighted by atomic mass is 19.1. The third-order valence-corrected chi connectivity index (χ3v) is 2.57. The maximum absolute atomic E-state index is 12.6. The second-order valence-corrected chi connectivity index (χ2v) is 3.54. The van der Waals surface area contributed by atoms with E-state index >= 15 is 0 Å². The van der Waals surface area contributed by atoms with Crippen molar-refractivity contribution in [1.82, 2.24) is 0 Å². The first-order chi connectivity index (χ1) is 4.70. The minimum absolute atomic E-state index is 0.260. The van der Waals surface area contributed by atoms with Crippen LogP contribution in [0.25, 0.3) is 0 Å². The molecule has 0 bridgehead atoms. The molecule has 1 atom stereocenters. The van der Waals surface area contributed by atoms with Gasteiger partial charge in [0.1, 0.15) is 6.17 Å². The zero-order chi connectivity index (χ0) is 7.56. The molecule has 0 aromatic rings. The van der Waals surface area contributed by atoms with Crippen molar-refractivity contribution in [3.8, 4) is 0 Å². The average Bonchev–Trinajstić information content (AvgIpc) is 1.88. The fourth-order valence-corrected chi connectivity index (χ4v) is 1.65. The first-order valence-electron chi connectivity index (χ1n) is 4.17. The minimum Gasteiger partial charge on any atom is -0.247 e. The molecule has 1 unspecified atom stereocenters. The normalized spacial score (nSPS) is 37.5. The first-order valence-corrected chi connectivity index (χ1v) is 4.17. The molecule has 0 aliphatic heterocycles. The lowest BCUT2D eigenvalue weighted by Gasteiger charge is -2.26. The lowest BCUT2D eigenvalue weighted by molar-refractivity contribution is 0.193. The van der Waals surface area contributed by atoms with Gasteiger partial charge in [-0.1, -0.05) is 19.8 Å². The van der Waals surface area contributed by atoms with E-state index in [0.29, 0.717) is 0 Å². The Hall–Kier alpha value is -0.0700. The van der Waals surface area contributed by atoms with Gasteiger partial charge in [0.25, 0.3) is 0 Å². The molecule has 0 spiro atoms. The van der Waals surface area contributed by atoms with E-state index in [1.165, 1.54) is 12.8 Å². The van der Waals surface area contributed by atoms with Crippen molar-refractivity contribution in [2.24, 2.45) is 11.8 Å². The number of halogens is 1. The molecule has 1 rings (SSSR count). The van der Waals surface area contributed by atoms with Crippen LogP contribution in [0.15, 0.2) is 0 Å². The van der Waals surface area contributed by atoms with Crippen molar-refractivity contribution in [1.29, 1.82) is 0 Å². The van der Waals surface area contributed by atoms with Gasteiger partial charge in [0.15, 0.2) is 0 Å². The van der Waals surface area contributed by atoms with E-state index in [1.807, 2.05) is 0 Å². The summed E-state index contributed by atoms with van der Waals surface area (Å²) in [7, 11) is 0. The lowest BCUT2D eigenvalue weighted by Crippen LogP contribution is -2.19. The first kappa shape index (κ1) is 8.03. The van der Waals surface area contributed by atoms with E-state index in [-0.39, 0.29) is 5.92 Å². The van der Waals surface area contributed by atoms with Gasteiger partial charge in [0.2, 0.25) is 0 Å². The Labute approximate surface area is 62.8 Å². The highest BCUT2D eigenvalue weighted by molar-refractivity contribution is 4.76. The lowest BCUT2D eigenvalue weighted by atomic mass is 9.81. The third-order valence-electron chi connectivity index (χ3n) is 2.57. The Morgan fingerprint density at radius 2 is 1.80 bits per heavy atom. The molecule has 1 radical (unpaired) electrons. The van der Waals surface area contributed by atoms with Gasteiger partial charge in [0, 0.05) is 0 Å². The van der Waals surface area contributed by atoms with E-state index in [1.54, 1.807) is 0 Å². The Kier molecular flexibility index (Phi) is 2.70. The summed E-state index contributed by atoms with van der Waals surface area (Å²) in [5.74, 6) is 1.08. The quantitative estimate of drug-likeness (QED) is 0.529. The van der Waals surface area contributed by atoms with Crippen LogP contribution in [-0.4, -0.2) is 6.17 Å². The summed E-state index contributed by atoms with van der Waals surface area (Å²) < 4.78 is 12.6. The third kappa shape index (κ3) is 1.96. The van der Waals surface area contributed by atoms with Crippen LogP contribution < -0.4 is 0 Å². The molecule has 1 fully saturated rings. The highest BCUT2D eigenvalue weighted by Crippen LogP contribution is 2.31. The number of alkyl halides is 1. The summed E-state index contributed by atoms with van der Waals surface area (Å²) in [6, 6.07) is 0. The molecule has 10 heavy (non-hydrogen) atoms. The topological polar surface area (TPSA) is 0 Å². The van der Waals surface area contributed by atoms with Crippen LogP contribution in [0.5, 0.6) is 0 Å². The van der Waals surface area contributed by atoms with Crippen molar-refractivity contribution in [2.75, 3.05) is 0 Å². The Bertz CT molecular complexity index is 90.9. The molecule has 0 N–H and O–H groups in total. The standard InChI is InChI=1S/C9H16F/c1-7-3-5-9(6-4-7)8(2)10/h7-9H,2-6H2,1H3. The van der Waals surface area contributed by atoms with Crippen LogP contribution in [0.2, 0.25) is 0 Å². The largest absolute Gasteiger partial charge is 0.247 e. The predicted octanol–water partition coefficient (Wildman–Crippen LogP) is 2.98. The van der Waals surface area contributed by atoms with Crippen molar-refractivity contribution in [2.45, 2.75) is 38.8 Å². The van der Waals surface area contributed by atoms with Gasteiger partial charge in [-0.05, 0) is 31.6 Å². The summed E-state index contributed by atoms with van der Waals surface area (Å²) in [6.45, 7) is 5.66. The molecule has 0 nitrogen and oxygen atoms in total. The van der Waals surface area contributed by atoms with Gasteiger partial charge in [-0.2, -0.15) is 0 Å². The minimum atomic E-state index is -0.826. The van der Waals surface area contributed by atoms with Gasteiger partial charge >= 0.3 is 0 Å².